The van der Waals surface area contributed by atoms with E-state index in [9.17, 15) is 4.79 Å². The van der Waals surface area contributed by atoms with E-state index in [1.165, 1.54) is 0 Å². The number of pyridine rings is 3. The van der Waals surface area contributed by atoms with Gasteiger partial charge < -0.3 is 15.5 Å². The summed E-state index contributed by atoms with van der Waals surface area (Å²) >= 11 is 0. The van der Waals surface area contributed by atoms with Crippen LogP contribution in [0.1, 0.15) is 31.1 Å². The van der Waals surface area contributed by atoms with Gasteiger partial charge >= 0.3 is 0 Å². The van der Waals surface area contributed by atoms with E-state index in [-0.39, 0.29) is 17.5 Å². The molecule has 0 spiro atoms. The summed E-state index contributed by atoms with van der Waals surface area (Å²) in [6.45, 7) is 2.74. The van der Waals surface area contributed by atoms with E-state index in [1.807, 2.05) is 35.9 Å². The third kappa shape index (κ3) is 2.73. The number of hydrogen-bond acceptors (Lipinski definition) is 6. The van der Waals surface area contributed by atoms with Gasteiger partial charge in [-0.2, -0.15) is 5.10 Å². The lowest BCUT2D eigenvalue weighted by Crippen LogP contribution is -2.19. The number of aryl methyl sites for hydroxylation is 1. The molecule has 3 N–H and O–H groups in total. The standard InChI is InChI=1S/C24H22N6O2/c1-13-11-15-19(20(25)24(31)29-22(15)14-5-4-8-26-21(13)14)23-16-12-28-30(17(16)7-9-27-23)18-6-2-3-10-32-18/h4-5,7-9,11-12,18H,2-3,6,10,25H2,1H3,(H,29,31). The fraction of sp³-hybridized carbons (Fsp3) is 0.250. The van der Waals surface area contributed by atoms with Gasteiger partial charge in [0, 0.05) is 40.7 Å². The maximum atomic E-state index is 12.9. The first-order valence-corrected chi connectivity index (χ1v) is 10.8. The highest BCUT2D eigenvalue weighted by atomic mass is 16.5. The monoisotopic (exact) mass is 426 g/mol. The van der Waals surface area contributed by atoms with Crippen LogP contribution >= 0.6 is 0 Å². The first-order chi connectivity index (χ1) is 15.6. The van der Waals surface area contributed by atoms with E-state index in [1.54, 1.807) is 18.6 Å². The van der Waals surface area contributed by atoms with Crippen molar-refractivity contribution in [3.8, 4) is 11.3 Å². The third-order valence-corrected chi connectivity index (χ3v) is 6.29. The smallest absolute Gasteiger partial charge is 0.272 e. The molecule has 1 atom stereocenters. The fourth-order valence-electron chi connectivity index (χ4n) is 4.77. The first-order valence-electron chi connectivity index (χ1n) is 10.8. The average Bonchev–Trinajstić information content (AvgIpc) is 3.26. The highest BCUT2D eigenvalue weighted by Crippen LogP contribution is 2.38. The molecule has 6 rings (SSSR count). The van der Waals surface area contributed by atoms with Gasteiger partial charge in [-0.05, 0) is 56.0 Å². The van der Waals surface area contributed by atoms with Gasteiger partial charge in [-0.3, -0.25) is 14.8 Å². The van der Waals surface area contributed by atoms with Gasteiger partial charge in [0.05, 0.1) is 28.4 Å². The second kappa shape index (κ2) is 7.13. The zero-order chi connectivity index (χ0) is 21.8. The van der Waals surface area contributed by atoms with Crippen LogP contribution in [0.5, 0.6) is 0 Å². The van der Waals surface area contributed by atoms with Gasteiger partial charge in [0.15, 0.2) is 6.23 Å². The van der Waals surface area contributed by atoms with Gasteiger partial charge in [-0.25, -0.2) is 4.68 Å². The van der Waals surface area contributed by atoms with Crippen molar-refractivity contribution in [2.75, 3.05) is 12.3 Å². The van der Waals surface area contributed by atoms with Crippen LogP contribution < -0.4 is 11.3 Å². The zero-order valence-electron chi connectivity index (χ0n) is 17.6. The Balaban J connectivity index is 1.67. The lowest BCUT2D eigenvalue weighted by molar-refractivity contribution is -0.0366. The number of aromatic nitrogens is 5. The Morgan fingerprint density at radius 3 is 2.91 bits per heavy atom. The number of anilines is 1. The van der Waals surface area contributed by atoms with Crippen LogP contribution in [0.2, 0.25) is 0 Å². The molecular weight excluding hydrogens is 404 g/mol. The number of nitrogens with one attached hydrogen (secondary N) is 1. The number of rotatable bonds is 2. The summed E-state index contributed by atoms with van der Waals surface area (Å²) in [6.07, 6.45) is 8.28. The van der Waals surface area contributed by atoms with Crippen molar-refractivity contribution < 1.29 is 4.74 Å². The number of nitrogen functional groups attached to an aromatic ring is 1. The van der Waals surface area contributed by atoms with Gasteiger partial charge in [-0.15, -0.1) is 0 Å². The molecule has 8 heteroatoms. The van der Waals surface area contributed by atoms with Gasteiger partial charge in [0.2, 0.25) is 0 Å². The topological polar surface area (TPSA) is 112 Å². The molecule has 0 saturated carbocycles. The Hall–Kier alpha value is -3.78. The lowest BCUT2D eigenvalue weighted by atomic mass is 9.97. The largest absolute Gasteiger partial charge is 0.394 e. The summed E-state index contributed by atoms with van der Waals surface area (Å²) in [5.41, 5.74) is 10.9. The van der Waals surface area contributed by atoms with E-state index in [0.717, 1.165) is 58.6 Å². The molecule has 1 saturated heterocycles. The molecule has 8 nitrogen and oxygen atoms in total. The van der Waals surface area contributed by atoms with Crippen molar-refractivity contribution in [2.24, 2.45) is 0 Å². The minimum atomic E-state index is -0.344. The minimum absolute atomic E-state index is 0.0953. The molecule has 0 amide bonds. The van der Waals surface area contributed by atoms with Gasteiger partial charge in [0.25, 0.3) is 5.56 Å². The maximum Gasteiger partial charge on any atom is 0.272 e. The Kier molecular flexibility index (Phi) is 4.22. The highest BCUT2D eigenvalue weighted by Gasteiger charge is 2.23. The van der Waals surface area contributed by atoms with Crippen LogP contribution in [-0.4, -0.2) is 31.3 Å². The summed E-state index contributed by atoms with van der Waals surface area (Å²) in [4.78, 5) is 25.0. The summed E-state index contributed by atoms with van der Waals surface area (Å²) in [5, 5.41) is 7.17. The molecule has 5 aromatic rings. The Morgan fingerprint density at radius 1 is 1.16 bits per heavy atom. The van der Waals surface area contributed by atoms with Crippen molar-refractivity contribution in [2.45, 2.75) is 32.4 Å². The van der Waals surface area contributed by atoms with E-state index >= 15 is 0 Å². The molecule has 1 aliphatic rings. The van der Waals surface area contributed by atoms with Crippen molar-refractivity contribution in [3.05, 3.63) is 58.8 Å². The highest BCUT2D eigenvalue weighted by molar-refractivity contribution is 6.14. The van der Waals surface area contributed by atoms with Gasteiger partial charge in [0.1, 0.15) is 5.69 Å². The number of H-pyrrole nitrogens is 1. The first kappa shape index (κ1) is 18.9. The van der Waals surface area contributed by atoms with Crippen LogP contribution in [-0.2, 0) is 4.74 Å². The predicted molar refractivity (Wildman–Crippen MR) is 124 cm³/mol. The van der Waals surface area contributed by atoms with Gasteiger partial charge in [-0.1, -0.05) is 0 Å². The molecular formula is C24H22N6O2. The number of nitrogens with two attached hydrogens (primary N) is 1. The zero-order valence-corrected chi connectivity index (χ0v) is 17.6. The molecule has 1 aliphatic heterocycles. The third-order valence-electron chi connectivity index (χ3n) is 6.29. The molecule has 160 valence electrons. The van der Waals surface area contributed by atoms with Crippen LogP contribution in [0.15, 0.2) is 47.7 Å². The van der Waals surface area contributed by atoms with E-state index in [0.29, 0.717) is 16.8 Å². The number of ether oxygens (including phenoxy) is 1. The van der Waals surface area contributed by atoms with Crippen molar-refractivity contribution in [3.63, 3.8) is 0 Å². The quantitative estimate of drug-likeness (QED) is 0.412. The Morgan fingerprint density at radius 2 is 2.06 bits per heavy atom. The second-order valence-corrected chi connectivity index (χ2v) is 8.26. The summed E-state index contributed by atoms with van der Waals surface area (Å²) < 4.78 is 7.86. The number of nitrogens with zero attached hydrogens (tertiary/aromatic N) is 4. The maximum absolute atomic E-state index is 12.9. The number of benzene rings is 1. The molecule has 5 heterocycles. The van der Waals surface area contributed by atoms with E-state index in [4.69, 9.17) is 10.5 Å². The molecule has 0 aliphatic carbocycles. The molecule has 0 radical (unpaired) electrons. The average molecular weight is 426 g/mol. The molecule has 32 heavy (non-hydrogen) atoms. The molecule has 1 unspecified atom stereocenters. The lowest BCUT2D eigenvalue weighted by Gasteiger charge is -2.23. The molecule has 1 fully saturated rings. The minimum Gasteiger partial charge on any atom is -0.394 e. The normalized spacial score (nSPS) is 16.8. The van der Waals surface area contributed by atoms with Crippen molar-refractivity contribution >= 4 is 38.4 Å². The van der Waals surface area contributed by atoms with E-state index in [2.05, 4.69) is 20.1 Å². The Labute approximate surface area is 183 Å². The molecule has 0 bridgehead atoms. The fourth-order valence-corrected chi connectivity index (χ4v) is 4.77. The number of hydrogen-bond donors (Lipinski definition) is 2. The van der Waals surface area contributed by atoms with Crippen molar-refractivity contribution in [1.29, 1.82) is 0 Å². The van der Waals surface area contributed by atoms with Crippen LogP contribution in [0.4, 0.5) is 5.69 Å². The molecule has 4 aromatic heterocycles. The van der Waals surface area contributed by atoms with Crippen molar-refractivity contribution in [1.82, 2.24) is 24.7 Å². The summed E-state index contributed by atoms with van der Waals surface area (Å²) in [5.74, 6) is 0. The number of aromatic amines is 1. The summed E-state index contributed by atoms with van der Waals surface area (Å²) in [7, 11) is 0. The van der Waals surface area contributed by atoms with E-state index < -0.39 is 0 Å². The number of fused-ring (bicyclic) bond motifs is 4. The van der Waals surface area contributed by atoms with Crippen LogP contribution in [0.3, 0.4) is 0 Å². The molecule has 1 aromatic carbocycles. The predicted octanol–water partition coefficient (Wildman–Crippen LogP) is 4.08. The van der Waals surface area contributed by atoms with Crippen LogP contribution in [0.25, 0.3) is 44.0 Å². The second-order valence-electron chi connectivity index (χ2n) is 8.26. The van der Waals surface area contributed by atoms with Crippen LogP contribution in [0, 0.1) is 6.92 Å². The summed E-state index contributed by atoms with van der Waals surface area (Å²) in [6, 6.07) is 7.77. The SMILES string of the molecule is Cc1cc2c(-c3nccc4c3cnn4C3CCCCO3)c(N)c(=O)[nH]c2c2cccnc12. The Bertz CT molecular complexity index is 1560.